The van der Waals surface area contributed by atoms with Crippen molar-refractivity contribution in [1.82, 2.24) is 4.90 Å². The van der Waals surface area contributed by atoms with Crippen molar-refractivity contribution in [3.63, 3.8) is 0 Å². The summed E-state index contributed by atoms with van der Waals surface area (Å²) in [7, 11) is 1.94. The first-order chi connectivity index (χ1) is 9.13. The highest BCUT2D eigenvalue weighted by atomic mass is 79.9. The van der Waals surface area contributed by atoms with E-state index in [1.165, 1.54) is 5.56 Å². The Morgan fingerprint density at radius 1 is 1.32 bits per heavy atom. The van der Waals surface area contributed by atoms with Gasteiger partial charge in [0.15, 0.2) is 0 Å². The molecule has 5 heteroatoms. The summed E-state index contributed by atoms with van der Waals surface area (Å²) in [4.78, 5) is 13.9. The van der Waals surface area contributed by atoms with Crippen LogP contribution in [0.25, 0.3) is 0 Å². The van der Waals surface area contributed by atoms with E-state index in [9.17, 15) is 4.79 Å². The van der Waals surface area contributed by atoms with E-state index in [2.05, 4.69) is 32.7 Å². The van der Waals surface area contributed by atoms with Gasteiger partial charge in [0, 0.05) is 16.7 Å². The second-order valence-electron chi connectivity index (χ2n) is 4.36. The Morgan fingerprint density at radius 3 is 2.68 bits per heavy atom. The van der Waals surface area contributed by atoms with Crippen LogP contribution in [0.5, 0.6) is 0 Å². The molecule has 0 saturated heterocycles. The van der Waals surface area contributed by atoms with E-state index < -0.39 is 0 Å². The number of amides is 1. The molecule has 1 amide bonds. The Labute approximate surface area is 125 Å². The molecule has 1 N–H and O–H groups in total. The summed E-state index contributed by atoms with van der Waals surface area (Å²) in [6.45, 7) is 1.17. The average Bonchev–Trinajstić information content (AvgIpc) is 2.84. The number of benzene rings is 1. The van der Waals surface area contributed by atoms with E-state index >= 15 is 0 Å². The van der Waals surface area contributed by atoms with Crippen LogP contribution in [0.15, 0.2) is 45.6 Å². The van der Waals surface area contributed by atoms with Gasteiger partial charge in [0.05, 0.1) is 6.54 Å². The molecule has 2 rings (SSSR count). The Hall–Kier alpha value is -1.17. The van der Waals surface area contributed by atoms with Crippen molar-refractivity contribution >= 4 is 38.9 Å². The number of nitrogens with zero attached hydrogens (tertiary/aromatic N) is 1. The molecule has 0 spiro atoms. The molecule has 0 fully saturated rings. The van der Waals surface area contributed by atoms with Crippen molar-refractivity contribution < 1.29 is 4.79 Å². The van der Waals surface area contributed by atoms with Crippen LogP contribution in [0.3, 0.4) is 0 Å². The highest BCUT2D eigenvalue weighted by molar-refractivity contribution is 9.10. The molecular formula is C14H15BrN2OS. The highest BCUT2D eigenvalue weighted by Gasteiger charge is 2.07. The predicted molar refractivity (Wildman–Crippen MR) is 83.4 cm³/mol. The SMILES string of the molecule is CN(CC(=O)Nc1ccc(Br)cc1)Cc1ccsc1. The first-order valence-electron chi connectivity index (χ1n) is 5.88. The second kappa shape index (κ2) is 6.84. The molecule has 0 unspecified atom stereocenters. The molecule has 0 bridgehead atoms. The van der Waals surface area contributed by atoms with E-state index in [0.29, 0.717) is 6.54 Å². The minimum atomic E-state index is 0.0000482. The summed E-state index contributed by atoms with van der Waals surface area (Å²) in [5.74, 6) is 0.0000482. The van der Waals surface area contributed by atoms with Crippen molar-refractivity contribution in [2.24, 2.45) is 0 Å². The highest BCUT2D eigenvalue weighted by Crippen LogP contribution is 2.14. The summed E-state index contributed by atoms with van der Waals surface area (Å²) in [6.07, 6.45) is 0. The lowest BCUT2D eigenvalue weighted by Crippen LogP contribution is -2.29. The first-order valence-corrected chi connectivity index (χ1v) is 7.62. The lowest BCUT2D eigenvalue weighted by molar-refractivity contribution is -0.117. The molecule has 2 aromatic rings. The average molecular weight is 339 g/mol. The van der Waals surface area contributed by atoms with Crippen LogP contribution in [0, 0.1) is 0 Å². The Balaban J connectivity index is 1.82. The zero-order valence-corrected chi connectivity index (χ0v) is 13.0. The summed E-state index contributed by atoms with van der Waals surface area (Å²) >= 11 is 5.04. The number of halogens is 1. The normalized spacial score (nSPS) is 10.7. The van der Waals surface area contributed by atoms with Crippen LogP contribution in [0.4, 0.5) is 5.69 Å². The monoisotopic (exact) mass is 338 g/mol. The standard InChI is InChI=1S/C14H15BrN2OS/c1-17(8-11-6-7-19-10-11)9-14(18)16-13-4-2-12(15)3-5-13/h2-7,10H,8-9H2,1H3,(H,16,18). The van der Waals surface area contributed by atoms with E-state index in [-0.39, 0.29) is 5.91 Å². The minimum Gasteiger partial charge on any atom is -0.325 e. The fourth-order valence-corrected chi connectivity index (χ4v) is 2.65. The zero-order chi connectivity index (χ0) is 13.7. The van der Waals surface area contributed by atoms with Gasteiger partial charge in [-0.2, -0.15) is 11.3 Å². The molecule has 3 nitrogen and oxygen atoms in total. The lowest BCUT2D eigenvalue weighted by Gasteiger charge is -2.15. The largest absolute Gasteiger partial charge is 0.325 e. The number of rotatable bonds is 5. The molecule has 0 aliphatic carbocycles. The summed E-state index contributed by atoms with van der Waals surface area (Å²) < 4.78 is 1.00. The van der Waals surface area contributed by atoms with Gasteiger partial charge in [-0.25, -0.2) is 0 Å². The van der Waals surface area contributed by atoms with Gasteiger partial charge in [-0.1, -0.05) is 15.9 Å². The number of carbonyl (C=O) groups excluding carboxylic acids is 1. The van der Waals surface area contributed by atoms with Crippen LogP contribution in [-0.2, 0) is 11.3 Å². The summed E-state index contributed by atoms with van der Waals surface area (Å²) in [5.41, 5.74) is 2.06. The van der Waals surface area contributed by atoms with Crippen LogP contribution in [0.1, 0.15) is 5.56 Å². The van der Waals surface area contributed by atoms with E-state index in [1.54, 1.807) is 11.3 Å². The number of carbonyl (C=O) groups is 1. The molecular weight excluding hydrogens is 324 g/mol. The molecule has 1 heterocycles. The second-order valence-corrected chi connectivity index (χ2v) is 6.05. The van der Waals surface area contributed by atoms with Crippen molar-refractivity contribution in [1.29, 1.82) is 0 Å². The van der Waals surface area contributed by atoms with E-state index in [4.69, 9.17) is 0 Å². The molecule has 0 aliphatic heterocycles. The van der Waals surface area contributed by atoms with Gasteiger partial charge in [-0.15, -0.1) is 0 Å². The van der Waals surface area contributed by atoms with Crippen LogP contribution in [0.2, 0.25) is 0 Å². The molecule has 0 aliphatic rings. The maximum absolute atomic E-state index is 11.9. The Kier molecular flexibility index (Phi) is 5.13. The maximum atomic E-state index is 11.9. The molecule has 100 valence electrons. The van der Waals surface area contributed by atoms with Crippen molar-refractivity contribution in [2.75, 3.05) is 18.9 Å². The maximum Gasteiger partial charge on any atom is 0.238 e. The number of hydrogen-bond donors (Lipinski definition) is 1. The molecule has 0 radical (unpaired) electrons. The third-order valence-corrected chi connectivity index (χ3v) is 3.83. The molecule has 19 heavy (non-hydrogen) atoms. The fraction of sp³-hybridized carbons (Fsp3) is 0.214. The quantitative estimate of drug-likeness (QED) is 0.903. The van der Waals surface area contributed by atoms with Crippen molar-refractivity contribution in [2.45, 2.75) is 6.54 Å². The summed E-state index contributed by atoms with van der Waals surface area (Å²) in [6, 6.07) is 9.64. The molecule has 1 aromatic heterocycles. The Bertz CT molecular complexity index is 525. The minimum absolute atomic E-state index is 0.0000482. The predicted octanol–water partition coefficient (Wildman–Crippen LogP) is 3.58. The number of anilines is 1. The third kappa shape index (κ3) is 4.78. The van der Waals surface area contributed by atoms with Crippen molar-refractivity contribution in [3.8, 4) is 0 Å². The lowest BCUT2D eigenvalue weighted by atomic mass is 10.3. The summed E-state index contributed by atoms with van der Waals surface area (Å²) in [5, 5.41) is 7.03. The fourth-order valence-electron chi connectivity index (χ4n) is 1.73. The van der Waals surface area contributed by atoms with Crippen LogP contribution < -0.4 is 5.32 Å². The van der Waals surface area contributed by atoms with Crippen molar-refractivity contribution in [3.05, 3.63) is 51.1 Å². The Morgan fingerprint density at radius 2 is 2.05 bits per heavy atom. The topological polar surface area (TPSA) is 32.3 Å². The smallest absolute Gasteiger partial charge is 0.238 e. The third-order valence-electron chi connectivity index (χ3n) is 2.57. The number of thiophene rings is 1. The zero-order valence-electron chi connectivity index (χ0n) is 10.6. The first kappa shape index (κ1) is 14.2. The van der Waals surface area contributed by atoms with Gasteiger partial charge in [-0.05, 0) is 53.7 Å². The number of likely N-dealkylation sites (N-methyl/N-ethyl adjacent to an activating group) is 1. The number of hydrogen-bond acceptors (Lipinski definition) is 3. The van der Waals surface area contributed by atoms with Crippen LogP contribution in [-0.4, -0.2) is 24.4 Å². The van der Waals surface area contributed by atoms with Gasteiger partial charge in [0.25, 0.3) is 0 Å². The van der Waals surface area contributed by atoms with Gasteiger partial charge in [0.1, 0.15) is 0 Å². The molecule has 1 aromatic carbocycles. The van der Waals surface area contributed by atoms with Gasteiger partial charge in [0.2, 0.25) is 5.91 Å². The number of nitrogens with one attached hydrogen (secondary N) is 1. The van der Waals surface area contributed by atoms with Gasteiger partial charge < -0.3 is 5.32 Å². The molecule has 0 saturated carbocycles. The van der Waals surface area contributed by atoms with Crippen LogP contribution >= 0.6 is 27.3 Å². The van der Waals surface area contributed by atoms with Gasteiger partial charge >= 0.3 is 0 Å². The van der Waals surface area contributed by atoms with Gasteiger partial charge in [-0.3, -0.25) is 9.69 Å². The van der Waals surface area contributed by atoms with E-state index in [1.807, 2.05) is 41.6 Å². The molecule has 0 atom stereocenters. The van der Waals surface area contributed by atoms with E-state index in [0.717, 1.165) is 16.7 Å².